The number of benzene rings is 2. The van der Waals surface area contributed by atoms with Crippen LogP contribution in [0.4, 0.5) is 10.5 Å². The summed E-state index contributed by atoms with van der Waals surface area (Å²) in [6.07, 6.45) is -0.0403. The highest BCUT2D eigenvalue weighted by Crippen LogP contribution is 2.12. The van der Waals surface area contributed by atoms with E-state index >= 15 is 0 Å². The van der Waals surface area contributed by atoms with Crippen LogP contribution >= 0.6 is 0 Å². The van der Waals surface area contributed by atoms with Gasteiger partial charge in [0.25, 0.3) is 11.6 Å². The first-order valence-corrected chi connectivity index (χ1v) is 10.0. The summed E-state index contributed by atoms with van der Waals surface area (Å²) < 4.78 is 5.01. The van der Waals surface area contributed by atoms with Gasteiger partial charge >= 0.3 is 12.1 Å². The normalized spacial score (nSPS) is 11.2. The number of carboxylic acids is 1. The summed E-state index contributed by atoms with van der Waals surface area (Å²) in [6, 6.07) is 12.4. The monoisotopic (exact) mass is 457 g/mol. The molecular weight excluding hydrogens is 434 g/mol. The molecule has 1 atom stereocenters. The van der Waals surface area contributed by atoms with Crippen LogP contribution in [0.5, 0.6) is 0 Å². The van der Waals surface area contributed by atoms with Crippen LogP contribution in [-0.4, -0.2) is 46.4 Å². The zero-order chi connectivity index (χ0) is 24.2. The maximum absolute atomic E-state index is 12.1. The Morgan fingerprint density at radius 1 is 1.00 bits per heavy atom. The van der Waals surface area contributed by atoms with E-state index in [1.54, 1.807) is 24.3 Å². The lowest BCUT2D eigenvalue weighted by Crippen LogP contribution is -2.41. The third-order valence-electron chi connectivity index (χ3n) is 4.55. The van der Waals surface area contributed by atoms with Crippen LogP contribution in [-0.2, 0) is 20.9 Å². The fourth-order valence-corrected chi connectivity index (χ4v) is 2.79. The van der Waals surface area contributed by atoms with Crippen LogP contribution in [0.2, 0.25) is 0 Å². The second-order valence-corrected chi connectivity index (χ2v) is 6.98. The maximum Gasteiger partial charge on any atom is 0.408 e. The van der Waals surface area contributed by atoms with Crippen molar-refractivity contribution in [3.05, 3.63) is 75.8 Å². The molecule has 0 saturated heterocycles. The highest BCUT2D eigenvalue weighted by atomic mass is 16.6. The number of ketones is 1. The number of Topliss-reactive ketones (excluding diaryl/α,β-unsaturated/α-hetero) is 1. The molecule has 1 unspecified atom stereocenters. The van der Waals surface area contributed by atoms with E-state index in [1.165, 1.54) is 12.1 Å². The lowest BCUT2D eigenvalue weighted by Gasteiger charge is -2.14. The van der Waals surface area contributed by atoms with Gasteiger partial charge in [0.2, 0.25) is 5.78 Å². The van der Waals surface area contributed by atoms with Gasteiger partial charge in [-0.05, 0) is 37.0 Å². The predicted molar refractivity (Wildman–Crippen MR) is 115 cm³/mol. The molecule has 3 N–H and O–H groups in total. The Labute approximate surface area is 188 Å². The van der Waals surface area contributed by atoms with Gasteiger partial charge in [-0.1, -0.05) is 30.3 Å². The highest BCUT2D eigenvalue weighted by molar-refractivity contribution is 6.42. The predicted octanol–water partition coefficient (Wildman–Crippen LogP) is 2.44. The molecule has 2 aromatic rings. The number of hydrogen-bond acceptors (Lipinski definition) is 7. The summed E-state index contributed by atoms with van der Waals surface area (Å²) >= 11 is 0. The Balaban J connectivity index is 1.69. The van der Waals surface area contributed by atoms with E-state index in [-0.39, 0.29) is 30.8 Å². The van der Waals surface area contributed by atoms with E-state index in [9.17, 15) is 34.4 Å². The molecule has 0 aliphatic carbocycles. The molecule has 0 fully saturated rings. The number of nitro groups is 1. The van der Waals surface area contributed by atoms with Crippen LogP contribution in [0, 0.1) is 10.1 Å². The third kappa shape index (κ3) is 8.40. The first-order valence-electron chi connectivity index (χ1n) is 10.0. The Kier molecular flexibility index (Phi) is 9.50. The third-order valence-corrected chi connectivity index (χ3v) is 4.55. The van der Waals surface area contributed by atoms with Crippen molar-refractivity contribution < 1.29 is 33.9 Å². The second-order valence-electron chi connectivity index (χ2n) is 6.98. The molecule has 11 heteroatoms. The number of carboxylic acid groups (broad SMARTS) is 1. The van der Waals surface area contributed by atoms with Gasteiger partial charge in [0.15, 0.2) is 0 Å². The Morgan fingerprint density at radius 2 is 1.67 bits per heavy atom. The quantitative estimate of drug-likeness (QED) is 0.144. The maximum atomic E-state index is 12.1. The SMILES string of the molecule is O=C(NC(CCCCNC(=O)C(=O)c1ccc([N+](=O)[O-])cc1)C(=O)O)OCc1ccccc1. The smallest absolute Gasteiger partial charge is 0.408 e. The number of carbonyl (C=O) groups excluding carboxylic acids is 3. The number of non-ortho nitro benzene ring substituents is 1. The molecule has 0 heterocycles. The van der Waals surface area contributed by atoms with Gasteiger partial charge in [0.1, 0.15) is 12.6 Å². The number of nitro benzene ring substituents is 1. The first-order chi connectivity index (χ1) is 15.8. The number of unbranched alkanes of at least 4 members (excludes halogenated alkanes) is 1. The van der Waals surface area contributed by atoms with Gasteiger partial charge in [-0.15, -0.1) is 0 Å². The van der Waals surface area contributed by atoms with Crippen molar-refractivity contribution in [1.29, 1.82) is 0 Å². The van der Waals surface area contributed by atoms with Crippen molar-refractivity contribution in [3.8, 4) is 0 Å². The molecule has 2 amide bonds. The fourth-order valence-electron chi connectivity index (χ4n) is 2.79. The first kappa shape index (κ1) is 25.0. The molecule has 11 nitrogen and oxygen atoms in total. The van der Waals surface area contributed by atoms with Crippen LogP contribution in [0.1, 0.15) is 35.2 Å². The highest BCUT2D eigenvalue weighted by Gasteiger charge is 2.21. The van der Waals surface area contributed by atoms with E-state index in [4.69, 9.17) is 4.74 Å². The van der Waals surface area contributed by atoms with E-state index < -0.39 is 34.7 Å². The molecule has 2 aromatic carbocycles. The lowest BCUT2D eigenvalue weighted by molar-refractivity contribution is -0.384. The zero-order valence-corrected chi connectivity index (χ0v) is 17.6. The van der Waals surface area contributed by atoms with E-state index in [0.29, 0.717) is 12.8 Å². The molecular formula is C22H23N3O8. The second kappa shape index (κ2) is 12.5. The van der Waals surface area contributed by atoms with E-state index in [2.05, 4.69) is 10.6 Å². The summed E-state index contributed by atoms with van der Waals surface area (Å²) in [6.45, 7) is 0.121. The number of rotatable bonds is 12. The van der Waals surface area contributed by atoms with Crippen molar-refractivity contribution in [2.75, 3.05) is 6.54 Å². The molecule has 0 spiro atoms. The average Bonchev–Trinajstić information content (AvgIpc) is 2.81. The molecule has 0 saturated carbocycles. The van der Waals surface area contributed by atoms with Crippen molar-refractivity contribution in [2.24, 2.45) is 0 Å². The molecule has 174 valence electrons. The van der Waals surface area contributed by atoms with Gasteiger partial charge in [0, 0.05) is 24.2 Å². The summed E-state index contributed by atoms with van der Waals surface area (Å²) in [5.41, 5.74) is 0.582. The standard InChI is InChI=1S/C22H23N3O8/c26-19(16-9-11-17(12-10-16)25(31)32)20(27)23-13-5-4-8-18(21(28)29)24-22(30)33-14-15-6-2-1-3-7-15/h1-3,6-7,9-12,18H,4-5,8,13-14H2,(H,23,27)(H,24,30)(H,28,29). The number of carbonyl (C=O) groups is 4. The van der Waals surface area contributed by atoms with Crippen molar-refractivity contribution >= 4 is 29.4 Å². The minimum absolute atomic E-state index is 0.00777. The molecule has 0 aromatic heterocycles. The Hall–Kier alpha value is -4.28. The summed E-state index contributed by atoms with van der Waals surface area (Å²) in [4.78, 5) is 57.2. The largest absolute Gasteiger partial charge is 0.480 e. The summed E-state index contributed by atoms with van der Waals surface area (Å²) in [7, 11) is 0. The Morgan fingerprint density at radius 3 is 2.27 bits per heavy atom. The van der Waals surface area contributed by atoms with E-state index in [1.807, 2.05) is 6.07 Å². The number of amides is 2. The van der Waals surface area contributed by atoms with E-state index in [0.717, 1.165) is 17.7 Å². The number of nitrogens with zero attached hydrogens (tertiary/aromatic N) is 1. The molecule has 0 radical (unpaired) electrons. The number of ether oxygens (including phenoxy) is 1. The summed E-state index contributed by atoms with van der Waals surface area (Å²) in [5.74, 6) is -2.93. The van der Waals surface area contributed by atoms with Gasteiger partial charge in [0.05, 0.1) is 4.92 Å². The van der Waals surface area contributed by atoms with Crippen molar-refractivity contribution in [2.45, 2.75) is 31.9 Å². The molecule has 0 aliphatic heterocycles. The number of aliphatic carboxylic acids is 1. The van der Waals surface area contributed by atoms with Gasteiger partial charge < -0.3 is 20.5 Å². The molecule has 0 aliphatic rings. The van der Waals surface area contributed by atoms with Crippen molar-refractivity contribution in [3.63, 3.8) is 0 Å². The zero-order valence-electron chi connectivity index (χ0n) is 17.6. The lowest BCUT2D eigenvalue weighted by atomic mass is 10.1. The molecule has 0 bridgehead atoms. The van der Waals surface area contributed by atoms with Gasteiger partial charge in [-0.2, -0.15) is 0 Å². The summed E-state index contributed by atoms with van der Waals surface area (Å²) in [5, 5.41) is 24.6. The number of nitrogens with one attached hydrogen (secondary N) is 2. The Bertz CT molecular complexity index is 992. The van der Waals surface area contributed by atoms with Gasteiger partial charge in [-0.3, -0.25) is 19.7 Å². The topological polar surface area (TPSA) is 165 Å². The fraction of sp³-hybridized carbons (Fsp3) is 0.273. The number of alkyl carbamates (subject to hydrolysis) is 1. The molecule has 33 heavy (non-hydrogen) atoms. The minimum Gasteiger partial charge on any atom is -0.480 e. The van der Waals surface area contributed by atoms with Crippen LogP contribution in [0.15, 0.2) is 54.6 Å². The average molecular weight is 457 g/mol. The van der Waals surface area contributed by atoms with Crippen LogP contribution < -0.4 is 10.6 Å². The minimum atomic E-state index is -1.22. The van der Waals surface area contributed by atoms with Gasteiger partial charge in [-0.25, -0.2) is 9.59 Å². The van der Waals surface area contributed by atoms with Crippen LogP contribution in [0.25, 0.3) is 0 Å². The number of hydrogen-bond donors (Lipinski definition) is 3. The van der Waals surface area contributed by atoms with Crippen molar-refractivity contribution in [1.82, 2.24) is 10.6 Å². The van der Waals surface area contributed by atoms with Crippen LogP contribution in [0.3, 0.4) is 0 Å². The molecule has 2 rings (SSSR count).